The summed E-state index contributed by atoms with van der Waals surface area (Å²) in [6.07, 6.45) is 4.15. The first-order valence-corrected chi connectivity index (χ1v) is 8.05. The molecule has 112 valence electrons. The van der Waals surface area contributed by atoms with Crippen LogP contribution < -0.4 is 0 Å². The van der Waals surface area contributed by atoms with E-state index in [0.717, 1.165) is 30.7 Å². The third-order valence-corrected chi connectivity index (χ3v) is 5.18. The third-order valence-electron chi connectivity index (χ3n) is 4.11. The Morgan fingerprint density at radius 3 is 2.60 bits per heavy atom. The number of rotatable bonds is 5. The van der Waals surface area contributed by atoms with E-state index in [2.05, 4.69) is 18.8 Å². The maximum atomic E-state index is 10.8. The molecule has 1 aromatic heterocycles. The van der Waals surface area contributed by atoms with E-state index in [9.17, 15) is 4.79 Å². The van der Waals surface area contributed by atoms with Gasteiger partial charge in [0, 0.05) is 12.0 Å². The number of aromatic nitrogens is 1. The lowest BCUT2D eigenvalue weighted by molar-refractivity contribution is -0.136. The van der Waals surface area contributed by atoms with E-state index in [1.165, 1.54) is 11.3 Å². The molecule has 1 N–H and O–H groups in total. The van der Waals surface area contributed by atoms with Crippen molar-refractivity contribution in [3.05, 3.63) is 16.1 Å². The molecule has 0 amide bonds. The Hall–Kier alpha value is -0.940. The van der Waals surface area contributed by atoms with Gasteiger partial charge in [-0.25, -0.2) is 4.98 Å². The van der Waals surface area contributed by atoms with E-state index in [-0.39, 0.29) is 12.0 Å². The van der Waals surface area contributed by atoms with Crippen molar-refractivity contribution in [3.8, 4) is 0 Å². The molecule has 1 aliphatic carbocycles. The van der Waals surface area contributed by atoms with Crippen LogP contribution in [0.2, 0.25) is 0 Å². The second-order valence-corrected chi connectivity index (χ2v) is 7.16. The third kappa shape index (κ3) is 3.38. The summed E-state index contributed by atoms with van der Waals surface area (Å²) in [5, 5.41) is 11.7. The topological polar surface area (TPSA) is 59.4 Å². The Balaban J connectivity index is 2.20. The SMILES string of the molecule is CCOC1(c2nc(CC(=O)O)cs2)CCC(C)(C)CC1. The van der Waals surface area contributed by atoms with Crippen LogP contribution in [0.25, 0.3) is 0 Å². The molecule has 1 aromatic rings. The second-order valence-electron chi connectivity index (χ2n) is 6.31. The molecule has 20 heavy (non-hydrogen) atoms. The van der Waals surface area contributed by atoms with Crippen LogP contribution in [0.5, 0.6) is 0 Å². The molecule has 0 bridgehead atoms. The zero-order valence-corrected chi connectivity index (χ0v) is 13.3. The highest BCUT2D eigenvalue weighted by atomic mass is 32.1. The van der Waals surface area contributed by atoms with E-state index >= 15 is 0 Å². The summed E-state index contributed by atoms with van der Waals surface area (Å²) in [6.45, 7) is 7.25. The van der Waals surface area contributed by atoms with Crippen molar-refractivity contribution in [3.63, 3.8) is 0 Å². The molecule has 5 heteroatoms. The summed E-state index contributed by atoms with van der Waals surface area (Å²) in [7, 11) is 0. The highest BCUT2D eigenvalue weighted by molar-refractivity contribution is 7.09. The number of carbonyl (C=O) groups is 1. The maximum absolute atomic E-state index is 10.8. The molecule has 1 fully saturated rings. The van der Waals surface area contributed by atoms with Crippen molar-refractivity contribution in [2.24, 2.45) is 5.41 Å². The monoisotopic (exact) mass is 297 g/mol. The molecule has 1 aliphatic rings. The quantitative estimate of drug-likeness (QED) is 0.902. The molecule has 0 radical (unpaired) electrons. The van der Waals surface area contributed by atoms with Gasteiger partial charge in [0.1, 0.15) is 10.6 Å². The average molecular weight is 297 g/mol. The van der Waals surface area contributed by atoms with Gasteiger partial charge in [-0.1, -0.05) is 13.8 Å². The zero-order chi connectivity index (χ0) is 14.8. The molecule has 0 aromatic carbocycles. The van der Waals surface area contributed by atoms with Crippen LogP contribution in [0, 0.1) is 5.41 Å². The van der Waals surface area contributed by atoms with Crippen LogP contribution in [-0.4, -0.2) is 22.7 Å². The van der Waals surface area contributed by atoms with Crippen LogP contribution in [-0.2, 0) is 21.6 Å². The van der Waals surface area contributed by atoms with E-state index in [1.807, 2.05) is 12.3 Å². The van der Waals surface area contributed by atoms with Gasteiger partial charge in [-0.3, -0.25) is 4.79 Å². The summed E-state index contributed by atoms with van der Waals surface area (Å²) in [4.78, 5) is 15.3. The minimum atomic E-state index is -0.836. The van der Waals surface area contributed by atoms with Gasteiger partial charge in [0.25, 0.3) is 0 Å². The molecule has 0 unspecified atom stereocenters. The van der Waals surface area contributed by atoms with Gasteiger partial charge < -0.3 is 9.84 Å². The number of ether oxygens (including phenoxy) is 1. The van der Waals surface area contributed by atoms with E-state index < -0.39 is 5.97 Å². The van der Waals surface area contributed by atoms with Crippen LogP contribution in [0.1, 0.15) is 57.2 Å². The smallest absolute Gasteiger partial charge is 0.309 e. The fourth-order valence-electron chi connectivity index (χ4n) is 2.78. The van der Waals surface area contributed by atoms with Crippen molar-refractivity contribution in [2.45, 2.75) is 58.5 Å². The Labute approximate surface area is 124 Å². The Kier molecular flexibility index (Phi) is 4.49. The summed E-state index contributed by atoms with van der Waals surface area (Å²) < 4.78 is 6.07. The van der Waals surface area contributed by atoms with Gasteiger partial charge in [0.2, 0.25) is 0 Å². The number of carboxylic acids is 1. The molecule has 0 spiro atoms. The summed E-state index contributed by atoms with van der Waals surface area (Å²) in [5.41, 5.74) is 0.703. The van der Waals surface area contributed by atoms with Crippen molar-refractivity contribution in [2.75, 3.05) is 6.61 Å². The molecule has 4 nitrogen and oxygen atoms in total. The highest BCUT2D eigenvalue weighted by Crippen LogP contribution is 2.48. The molecule has 0 atom stereocenters. The zero-order valence-electron chi connectivity index (χ0n) is 12.4. The first-order valence-electron chi connectivity index (χ1n) is 7.17. The maximum Gasteiger partial charge on any atom is 0.309 e. The fraction of sp³-hybridized carbons (Fsp3) is 0.733. The van der Waals surface area contributed by atoms with Crippen LogP contribution in [0.15, 0.2) is 5.38 Å². The number of nitrogens with zero attached hydrogens (tertiary/aromatic N) is 1. The lowest BCUT2D eigenvalue weighted by Crippen LogP contribution is -2.37. The van der Waals surface area contributed by atoms with Gasteiger partial charge in [0.05, 0.1) is 12.1 Å². The number of thiazole rings is 1. The van der Waals surface area contributed by atoms with Crippen LogP contribution >= 0.6 is 11.3 Å². The first-order chi connectivity index (χ1) is 9.37. The largest absolute Gasteiger partial charge is 0.481 e. The van der Waals surface area contributed by atoms with Gasteiger partial charge in [-0.2, -0.15) is 0 Å². The van der Waals surface area contributed by atoms with E-state index in [0.29, 0.717) is 17.7 Å². The van der Waals surface area contributed by atoms with Gasteiger partial charge in [0.15, 0.2) is 0 Å². The van der Waals surface area contributed by atoms with E-state index in [1.54, 1.807) is 0 Å². The lowest BCUT2D eigenvalue weighted by atomic mass is 9.71. The Bertz CT molecular complexity index is 471. The average Bonchev–Trinajstić information content (AvgIpc) is 2.81. The Morgan fingerprint density at radius 1 is 1.40 bits per heavy atom. The minimum absolute atomic E-state index is 0.00972. The first kappa shape index (κ1) is 15.4. The highest BCUT2D eigenvalue weighted by Gasteiger charge is 2.42. The van der Waals surface area contributed by atoms with Crippen LogP contribution in [0.3, 0.4) is 0 Å². The molecule has 0 saturated heterocycles. The predicted molar refractivity (Wildman–Crippen MR) is 79.0 cm³/mol. The normalized spacial score (nSPS) is 20.8. The number of hydrogen-bond donors (Lipinski definition) is 1. The number of aliphatic carboxylic acids is 1. The van der Waals surface area contributed by atoms with Crippen molar-refractivity contribution in [1.82, 2.24) is 4.98 Å². The second kappa shape index (κ2) is 5.82. The van der Waals surface area contributed by atoms with Gasteiger partial charge in [-0.05, 0) is 38.0 Å². The number of hydrogen-bond acceptors (Lipinski definition) is 4. The van der Waals surface area contributed by atoms with Crippen molar-refractivity contribution < 1.29 is 14.6 Å². The Morgan fingerprint density at radius 2 is 2.05 bits per heavy atom. The molecule has 1 saturated carbocycles. The molecular weight excluding hydrogens is 274 g/mol. The molecule has 1 heterocycles. The van der Waals surface area contributed by atoms with Crippen LogP contribution in [0.4, 0.5) is 0 Å². The van der Waals surface area contributed by atoms with Gasteiger partial charge in [-0.15, -0.1) is 11.3 Å². The van der Waals surface area contributed by atoms with Gasteiger partial charge >= 0.3 is 5.97 Å². The summed E-state index contributed by atoms with van der Waals surface area (Å²) in [5.74, 6) is -0.836. The van der Waals surface area contributed by atoms with Crippen molar-refractivity contribution in [1.29, 1.82) is 0 Å². The summed E-state index contributed by atoms with van der Waals surface area (Å²) >= 11 is 1.54. The number of carboxylic acid groups (broad SMARTS) is 1. The lowest BCUT2D eigenvalue weighted by Gasteiger charge is -2.42. The minimum Gasteiger partial charge on any atom is -0.481 e. The van der Waals surface area contributed by atoms with E-state index in [4.69, 9.17) is 9.84 Å². The standard InChI is InChI=1S/C15H23NO3S/c1-4-19-15(7-5-14(2,3)6-8-15)13-16-11(10-20-13)9-12(17)18/h10H,4-9H2,1-3H3,(H,17,18). The predicted octanol–water partition coefficient (Wildman–Crippen LogP) is 3.60. The fourth-order valence-corrected chi connectivity index (χ4v) is 3.81. The molecule has 2 rings (SSSR count). The summed E-state index contributed by atoms with van der Waals surface area (Å²) in [6, 6.07) is 0. The molecule has 0 aliphatic heterocycles. The molecular formula is C15H23NO3S. The van der Waals surface area contributed by atoms with Crippen molar-refractivity contribution >= 4 is 17.3 Å².